The molecule has 1 saturated carbocycles. The van der Waals surface area contributed by atoms with E-state index in [0.29, 0.717) is 30.5 Å². The number of aliphatic hydroxyl groups is 1. The topological polar surface area (TPSA) is 40.5 Å². The molecule has 1 amide bonds. The van der Waals surface area contributed by atoms with Crippen molar-refractivity contribution in [3.8, 4) is 0 Å². The summed E-state index contributed by atoms with van der Waals surface area (Å²) in [5, 5.41) is 10.1. The monoisotopic (exact) mass is 327 g/mol. The third kappa shape index (κ3) is 2.96. The summed E-state index contributed by atoms with van der Waals surface area (Å²) < 4.78 is 38.1. The fourth-order valence-corrected chi connectivity index (χ4v) is 3.71. The van der Waals surface area contributed by atoms with Gasteiger partial charge in [-0.15, -0.1) is 0 Å². The number of carbonyl (C=O) groups is 1. The fourth-order valence-electron chi connectivity index (χ4n) is 3.71. The maximum atomic E-state index is 12.7. The molecule has 1 heterocycles. The van der Waals surface area contributed by atoms with Gasteiger partial charge < -0.3 is 10.0 Å². The normalized spacial score (nSPS) is 26.8. The Morgan fingerprint density at radius 3 is 2.52 bits per heavy atom. The van der Waals surface area contributed by atoms with Crippen LogP contribution in [0.2, 0.25) is 0 Å². The largest absolute Gasteiger partial charge is 0.416 e. The first-order valence-corrected chi connectivity index (χ1v) is 7.73. The molecule has 126 valence electrons. The molecule has 1 aliphatic heterocycles. The summed E-state index contributed by atoms with van der Waals surface area (Å²) >= 11 is 0. The smallest absolute Gasteiger partial charge is 0.383 e. The molecule has 1 saturated heterocycles. The molecule has 1 aliphatic carbocycles. The number of nitrogens with zero attached hydrogens (tertiary/aromatic N) is 1. The van der Waals surface area contributed by atoms with E-state index in [9.17, 15) is 23.1 Å². The molecule has 2 fully saturated rings. The Kier molecular flexibility index (Phi) is 3.71. The van der Waals surface area contributed by atoms with Crippen molar-refractivity contribution in [3.63, 3.8) is 0 Å². The Bertz CT molecular complexity index is 613. The molecule has 1 aromatic carbocycles. The molecule has 0 aromatic heterocycles. The number of likely N-dealkylation sites (tertiary alicyclic amines) is 1. The summed E-state index contributed by atoms with van der Waals surface area (Å²) in [5.74, 6) is 0.574. The number of aliphatic hydroxyl groups excluding tert-OH is 1. The zero-order valence-corrected chi connectivity index (χ0v) is 13.1. The Morgan fingerprint density at radius 1 is 1.35 bits per heavy atom. The third-order valence-corrected chi connectivity index (χ3v) is 5.40. The highest BCUT2D eigenvalue weighted by atomic mass is 19.4. The van der Waals surface area contributed by atoms with Crippen LogP contribution in [0.4, 0.5) is 13.2 Å². The second-order valence-electron chi connectivity index (χ2n) is 7.20. The zero-order valence-electron chi connectivity index (χ0n) is 13.1. The van der Waals surface area contributed by atoms with E-state index in [2.05, 4.69) is 13.8 Å². The first-order chi connectivity index (χ1) is 10.6. The summed E-state index contributed by atoms with van der Waals surface area (Å²) in [5.41, 5.74) is -0.188. The van der Waals surface area contributed by atoms with Crippen LogP contribution < -0.4 is 0 Å². The number of amides is 1. The molecule has 0 radical (unpaired) electrons. The van der Waals surface area contributed by atoms with Crippen LogP contribution >= 0.6 is 0 Å². The molecule has 1 aromatic rings. The molecule has 2 aliphatic rings. The van der Waals surface area contributed by atoms with Crippen LogP contribution in [0.3, 0.4) is 0 Å². The van der Waals surface area contributed by atoms with Crippen LogP contribution in [0.15, 0.2) is 24.3 Å². The molecule has 3 atom stereocenters. The van der Waals surface area contributed by atoms with Crippen molar-refractivity contribution in [2.45, 2.75) is 32.5 Å². The van der Waals surface area contributed by atoms with Gasteiger partial charge in [0.05, 0.1) is 5.56 Å². The fraction of sp³-hybridized carbons (Fsp3) is 0.588. The number of halogens is 3. The standard InChI is InChI=1S/C17H20F3NO2/c1-16(2)12-8-21(9-13(12)16)15(23)14(22)7-10-4-3-5-11(6-10)17(18,19)20/h3-6,12-14,22H,7-9H2,1-2H3. The Hall–Kier alpha value is -1.56. The van der Waals surface area contributed by atoms with Gasteiger partial charge in [-0.3, -0.25) is 4.79 Å². The van der Waals surface area contributed by atoms with Gasteiger partial charge in [-0.05, 0) is 28.9 Å². The molecule has 23 heavy (non-hydrogen) atoms. The van der Waals surface area contributed by atoms with Crippen molar-refractivity contribution >= 4 is 5.91 Å². The van der Waals surface area contributed by atoms with E-state index < -0.39 is 17.8 Å². The van der Waals surface area contributed by atoms with E-state index in [1.807, 2.05) is 0 Å². The van der Waals surface area contributed by atoms with Gasteiger partial charge in [0.25, 0.3) is 5.91 Å². The number of benzene rings is 1. The van der Waals surface area contributed by atoms with Gasteiger partial charge in [0.1, 0.15) is 6.10 Å². The first-order valence-electron chi connectivity index (χ1n) is 7.73. The van der Waals surface area contributed by atoms with Crippen LogP contribution in [-0.4, -0.2) is 35.1 Å². The average Bonchev–Trinajstić information content (AvgIpc) is 2.84. The minimum absolute atomic E-state index is 0.0992. The van der Waals surface area contributed by atoms with Crippen LogP contribution in [0, 0.1) is 17.3 Å². The number of alkyl halides is 3. The number of piperidine rings is 1. The number of hydrogen-bond acceptors (Lipinski definition) is 2. The minimum Gasteiger partial charge on any atom is -0.383 e. The van der Waals surface area contributed by atoms with Crippen molar-refractivity contribution in [1.29, 1.82) is 0 Å². The molecular formula is C17H20F3NO2. The number of fused-ring (bicyclic) bond motifs is 1. The van der Waals surface area contributed by atoms with Gasteiger partial charge in [0.2, 0.25) is 0 Å². The molecule has 1 N–H and O–H groups in total. The predicted molar refractivity (Wildman–Crippen MR) is 78.5 cm³/mol. The number of hydrogen-bond donors (Lipinski definition) is 1. The van der Waals surface area contributed by atoms with Crippen LogP contribution in [0.5, 0.6) is 0 Å². The van der Waals surface area contributed by atoms with Crippen LogP contribution in [0.1, 0.15) is 25.0 Å². The van der Waals surface area contributed by atoms with Crippen LogP contribution in [0.25, 0.3) is 0 Å². The zero-order chi connectivity index (χ0) is 17.0. The second kappa shape index (κ2) is 5.23. The van der Waals surface area contributed by atoms with Crippen molar-refractivity contribution in [1.82, 2.24) is 4.90 Å². The lowest BCUT2D eigenvalue weighted by molar-refractivity contribution is -0.139. The lowest BCUT2D eigenvalue weighted by Gasteiger charge is -2.24. The number of carbonyl (C=O) groups excluding carboxylic acids is 1. The lowest BCUT2D eigenvalue weighted by Crippen LogP contribution is -2.41. The van der Waals surface area contributed by atoms with E-state index in [0.717, 1.165) is 12.1 Å². The summed E-state index contributed by atoms with van der Waals surface area (Å²) in [6, 6.07) is 4.76. The van der Waals surface area contributed by atoms with Crippen molar-refractivity contribution in [3.05, 3.63) is 35.4 Å². The highest BCUT2D eigenvalue weighted by Gasteiger charge is 2.62. The van der Waals surface area contributed by atoms with Gasteiger partial charge in [0.15, 0.2) is 0 Å². The minimum atomic E-state index is -4.42. The van der Waals surface area contributed by atoms with Crippen molar-refractivity contribution in [2.75, 3.05) is 13.1 Å². The summed E-state index contributed by atoms with van der Waals surface area (Å²) in [6.45, 7) is 5.61. The third-order valence-electron chi connectivity index (χ3n) is 5.40. The van der Waals surface area contributed by atoms with Gasteiger partial charge in [-0.2, -0.15) is 13.2 Å². The van der Waals surface area contributed by atoms with Crippen LogP contribution in [-0.2, 0) is 17.4 Å². The predicted octanol–water partition coefficient (Wildman–Crippen LogP) is 2.72. The van der Waals surface area contributed by atoms with Gasteiger partial charge >= 0.3 is 6.18 Å². The van der Waals surface area contributed by atoms with Gasteiger partial charge in [-0.1, -0.05) is 32.0 Å². The second-order valence-corrected chi connectivity index (χ2v) is 7.20. The first kappa shape index (κ1) is 16.3. The maximum Gasteiger partial charge on any atom is 0.416 e. The van der Waals surface area contributed by atoms with E-state index in [1.54, 1.807) is 4.90 Å². The molecular weight excluding hydrogens is 307 g/mol. The highest BCUT2D eigenvalue weighted by molar-refractivity contribution is 5.81. The Balaban J connectivity index is 1.61. The number of rotatable bonds is 3. The maximum absolute atomic E-state index is 12.7. The van der Waals surface area contributed by atoms with Crippen molar-refractivity contribution < 1.29 is 23.1 Å². The summed E-state index contributed by atoms with van der Waals surface area (Å²) in [6.07, 6.45) is -5.82. The molecule has 0 bridgehead atoms. The van der Waals surface area contributed by atoms with Gasteiger partial charge in [0, 0.05) is 19.5 Å². The Morgan fingerprint density at radius 2 is 1.96 bits per heavy atom. The summed E-state index contributed by atoms with van der Waals surface area (Å²) in [4.78, 5) is 13.9. The van der Waals surface area contributed by atoms with Gasteiger partial charge in [-0.25, -0.2) is 0 Å². The highest BCUT2D eigenvalue weighted by Crippen LogP contribution is 2.61. The molecule has 3 nitrogen and oxygen atoms in total. The Labute approximate surface area is 133 Å². The summed E-state index contributed by atoms with van der Waals surface area (Å²) in [7, 11) is 0. The quantitative estimate of drug-likeness (QED) is 0.927. The SMILES string of the molecule is CC1(C)C2CN(C(=O)C(O)Cc3cccc(C(F)(F)F)c3)CC21. The van der Waals surface area contributed by atoms with Crippen molar-refractivity contribution in [2.24, 2.45) is 17.3 Å². The molecule has 0 spiro atoms. The van der Waals surface area contributed by atoms with E-state index in [4.69, 9.17) is 0 Å². The lowest BCUT2D eigenvalue weighted by atomic mass is 10.0. The van der Waals surface area contributed by atoms with E-state index >= 15 is 0 Å². The molecule has 3 unspecified atom stereocenters. The molecule has 6 heteroatoms. The van der Waals surface area contributed by atoms with E-state index in [-0.39, 0.29) is 17.7 Å². The van der Waals surface area contributed by atoms with E-state index in [1.165, 1.54) is 12.1 Å². The molecule has 3 rings (SSSR count). The average molecular weight is 327 g/mol.